The first-order valence-electron chi connectivity index (χ1n) is 11.3. The molecule has 2 aliphatic carbocycles. The largest absolute Gasteiger partial charge is 0.493 e. The lowest BCUT2D eigenvalue weighted by molar-refractivity contribution is -0.384. The standard InChI is InChI=1S/C18H21NO3.C7H4ClNO4/c1-19-8-7-18-11-4-5-13(20)17(18)22-16-14(21-2)6-3-10(15(16)18)9-12(11)19;8-7(10)13-6-3-1-5(2-4-6)9(11)12/h3-6,11-13,17,20H,7-9H2,1-2H3;1-4H/t11-,12+,13-,17-,18-;/m0./s1. The molecule has 6 rings (SSSR count). The highest BCUT2D eigenvalue weighted by Crippen LogP contribution is 2.62. The van der Waals surface area contributed by atoms with Crippen LogP contribution in [0, 0.1) is 16.0 Å². The Labute approximate surface area is 207 Å². The quantitative estimate of drug-likeness (QED) is 0.293. The molecule has 9 nitrogen and oxygen atoms in total. The highest BCUT2D eigenvalue weighted by atomic mass is 35.5. The third-order valence-corrected chi connectivity index (χ3v) is 7.68. The topological polar surface area (TPSA) is 111 Å². The smallest absolute Gasteiger partial charge is 0.409 e. The van der Waals surface area contributed by atoms with Gasteiger partial charge in [-0.25, -0.2) is 4.79 Å². The number of aliphatic hydroxyl groups excluding tert-OH is 1. The molecule has 2 heterocycles. The molecule has 0 unspecified atom stereocenters. The minimum atomic E-state index is -0.978. The van der Waals surface area contributed by atoms with Crippen LogP contribution >= 0.6 is 11.6 Å². The fraction of sp³-hybridized carbons (Fsp3) is 0.400. The Hall–Kier alpha value is -3.14. The summed E-state index contributed by atoms with van der Waals surface area (Å²) in [5.74, 6) is 2.26. The summed E-state index contributed by atoms with van der Waals surface area (Å²) in [6.07, 6.45) is 5.54. The molecule has 35 heavy (non-hydrogen) atoms. The maximum Gasteiger partial charge on any atom is 0.409 e. The average Bonchev–Trinajstić information content (AvgIpc) is 3.18. The number of methoxy groups -OCH3 is 1. The summed E-state index contributed by atoms with van der Waals surface area (Å²) in [5.41, 5.74) is 1.55. The number of likely N-dealkylation sites (N-methyl/N-ethyl adjacent to an activating group) is 1. The van der Waals surface area contributed by atoms with Crippen LogP contribution in [0.25, 0.3) is 0 Å². The van der Waals surface area contributed by atoms with Crippen molar-refractivity contribution < 1.29 is 29.0 Å². The van der Waals surface area contributed by atoms with Crippen molar-refractivity contribution in [3.63, 3.8) is 0 Å². The number of piperidine rings is 1. The SMILES string of the molecule is COc1ccc2c3c1O[C@H]1[C@@H](O)C=C[C@H]4[C@@H](C2)N(C)CC[C@@]341.O=C(Cl)Oc1ccc([N+](=O)[O-])cc1. The van der Waals surface area contributed by atoms with Gasteiger partial charge in [0.15, 0.2) is 11.5 Å². The molecule has 2 aromatic carbocycles. The summed E-state index contributed by atoms with van der Waals surface area (Å²) in [6.45, 7) is 1.05. The van der Waals surface area contributed by atoms with Gasteiger partial charge < -0.3 is 24.2 Å². The van der Waals surface area contributed by atoms with Crippen LogP contribution in [-0.4, -0.2) is 59.3 Å². The number of rotatable bonds is 3. The number of nitrogens with zero attached hydrogens (tertiary/aromatic N) is 2. The van der Waals surface area contributed by atoms with E-state index in [-0.39, 0.29) is 23.0 Å². The zero-order valence-electron chi connectivity index (χ0n) is 19.2. The van der Waals surface area contributed by atoms with Crippen LogP contribution < -0.4 is 14.2 Å². The van der Waals surface area contributed by atoms with Crippen molar-refractivity contribution in [2.45, 2.75) is 36.5 Å². The van der Waals surface area contributed by atoms with Gasteiger partial charge >= 0.3 is 5.43 Å². The normalized spacial score (nSPS) is 29.3. The van der Waals surface area contributed by atoms with Crippen molar-refractivity contribution in [1.29, 1.82) is 0 Å². The Morgan fingerprint density at radius 1 is 1.26 bits per heavy atom. The number of carbonyl (C=O) groups is 1. The molecule has 1 spiro atoms. The van der Waals surface area contributed by atoms with Crippen LogP contribution in [0.5, 0.6) is 17.2 Å². The second-order valence-electron chi connectivity index (χ2n) is 9.20. The minimum Gasteiger partial charge on any atom is -0.493 e. The highest BCUT2D eigenvalue weighted by molar-refractivity contribution is 6.61. The summed E-state index contributed by atoms with van der Waals surface area (Å²) >= 11 is 4.92. The Morgan fingerprint density at radius 3 is 2.66 bits per heavy atom. The van der Waals surface area contributed by atoms with Gasteiger partial charge in [-0.3, -0.25) is 10.1 Å². The van der Waals surface area contributed by atoms with E-state index in [0.717, 1.165) is 30.9 Å². The van der Waals surface area contributed by atoms with Crippen molar-refractivity contribution in [2.24, 2.45) is 5.92 Å². The van der Waals surface area contributed by atoms with Crippen LogP contribution in [0.4, 0.5) is 10.5 Å². The van der Waals surface area contributed by atoms with Crippen LogP contribution in [-0.2, 0) is 11.8 Å². The average molecular weight is 501 g/mol. The fourth-order valence-corrected chi connectivity index (χ4v) is 6.21. The van der Waals surface area contributed by atoms with E-state index in [4.69, 9.17) is 21.1 Å². The molecule has 0 aromatic heterocycles. The molecule has 5 atom stereocenters. The molecule has 1 saturated heterocycles. The third-order valence-electron chi connectivity index (χ3n) is 7.60. The molecule has 1 N–H and O–H groups in total. The van der Waals surface area contributed by atoms with Gasteiger partial charge in [0.25, 0.3) is 5.69 Å². The van der Waals surface area contributed by atoms with E-state index >= 15 is 0 Å². The number of hydrogen-bond acceptors (Lipinski definition) is 8. The monoisotopic (exact) mass is 500 g/mol. The lowest BCUT2D eigenvalue weighted by atomic mass is 9.53. The summed E-state index contributed by atoms with van der Waals surface area (Å²) in [6, 6.07) is 9.72. The van der Waals surface area contributed by atoms with Crippen molar-refractivity contribution >= 4 is 22.7 Å². The molecule has 4 aliphatic rings. The molecule has 0 radical (unpaired) electrons. The summed E-state index contributed by atoms with van der Waals surface area (Å²) in [5, 5.41) is 20.8. The molecule has 10 heteroatoms. The van der Waals surface area contributed by atoms with Crippen molar-refractivity contribution in [3.8, 4) is 17.2 Å². The Bertz CT molecular complexity index is 1200. The Kier molecular flexibility index (Phi) is 5.94. The lowest BCUT2D eigenvalue weighted by Gasteiger charge is -2.56. The molecule has 0 amide bonds. The molecule has 0 saturated carbocycles. The highest BCUT2D eigenvalue weighted by Gasteiger charge is 2.64. The zero-order chi connectivity index (χ0) is 24.9. The third kappa shape index (κ3) is 3.74. The molecule has 2 bridgehead atoms. The van der Waals surface area contributed by atoms with Gasteiger partial charge in [0.2, 0.25) is 0 Å². The van der Waals surface area contributed by atoms with E-state index in [2.05, 4.69) is 28.8 Å². The Balaban J connectivity index is 0.000000168. The van der Waals surface area contributed by atoms with E-state index in [9.17, 15) is 20.0 Å². The number of nitro benzene ring substituents is 1. The number of non-ortho nitro benzene ring substituents is 1. The van der Waals surface area contributed by atoms with Crippen LogP contribution in [0.1, 0.15) is 17.5 Å². The molecular formula is C25H25ClN2O7. The molecule has 1 fully saturated rings. The first-order chi connectivity index (χ1) is 16.8. The van der Waals surface area contributed by atoms with E-state index in [1.54, 1.807) is 7.11 Å². The van der Waals surface area contributed by atoms with Gasteiger partial charge in [0.05, 0.1) is 12.0 Å². The Morgan fingerprint density at radius 2 is 2.00 bits per heavy atom. The summed E-state index contributed by atoms with van der Waals surface area (Å²) in [7, 11) is 3.91. The first kappa shape index (κ1) is 23.6. The fourth-order valence-electron chi connectivity index (χ4n) is 6.12. The number of likely N-dealkylation sites (tertiary alicyclic amines) is 1. The van der Waals surface area contributed by atoms with E-state index in [1.807, 2.05) is 12.1 Å². The number of carbonyl (C=O) groups excluding carboxylic acids is 1. The molecule has 184 valence electrons. The van der Waals surface area contributed by atoms with Gasteiger partial charge in [-0.2, -0.15) is 0 Å². The summed E-state index contributed by atoms with van der Waals surface area (Å²) in [4.78, 5) is 22.4. The van der Waals surface area contributed by atoms with Gasteiger partial charge in [0.1, 0.15) is 18.0 Å². The van der Waals surface area contributed by atoms with Gasteiger partial charge in [-0.05, 0) is 50.2 Å². The second-order valence-corrected chi connectivity index (χ2v) is 9.51. The number of aliphatic hydroxyl groups is 1. The molecular weight excluding hydrogens is 476 g/mol. The van der Waals surface area contributed by atoms with Crippen LogP contribution in [0.3, 0.4) is 0 Å². The van der Waals surface area contributed by atoms with Gasteiger partial charge in [-0.15, -0.1) is 0 Å². The van der Waals surface area contributed by atoms with Crippen molar-refractivity contribution in [3.05, 3.63) is 69.8 Å². The predicted molar refractivity (Wildman–Crippen MR) is 127 cm³/mol. The molecule has 2 aliphatic heterocycles. The number of nitro groups is 1. The summed E-state index contributed by atoms with van der Waals surface area (Å²) < 4.78 is 16.3. The number of benzene rings is 2. The number of ether oxygens (including phenoxy) is 3. The van der Waals surface area contributed by atoms with Crippen molar-refractivity contribution in [2.75, 3.05) is 20.7 Å². The van der Waals surface area contributed by atoms with Crippen molar-refractivity contribution in [1.82, 2.24) is 4.90 Å². The molecule has 2 aromatic rings. The zero-order valence-corrected chi connectivity index (χ0v) is 20.0. The van der Waals surface area contributed by atoms with Crippen LogP contribution in [0.2, 0.25) is 0 Å². The predicted octanol–water partition coefficient (Wildman–Crippen LogP) is 3.83. The minimum absolute atomic E-state index is 0.0747. The second kappa shape index (κ2) is 8.82. The maximum absolute atomic E-state index is 10.6. The number of halogens is 1. The van der Waals surface area contributed by atoms with E-state index < -0.39 is 16.5 Å². The van der Waals surface area contributed by atoms with Gasteiger partial charge in [0, 0.05) is 46.7 Å². The lowest BCUT2D eigenvalue weighted by Crippen LogP contribution is -2.64. The van der Waals surface area contributed by atoms with Gasteiger partial charge in [-0.1, -0.05) is 18.2 Å². The number of hydrogen-bond donors (Lipinski definition) is 1. The first-order valence-corrected chi connectivity index (χ1v) is 11.7. The van der Waals surface area contributed by atoms with E-state index in [1.165, 1.54) is 35.4 Å². The van der Waals surface area contributed by atoms with Crippen LogP contribution in [0.15, 0.2) is 48.6 Å². The maximum atomic E-state index is 10.6. The van der Waals surface area contributed by atoms with E-state index in [0.29, 0.717) is 12.0 Å².